The molecule has 0 unspecified atom stereocenters. The molecule has 7 heteroatoms. The molecule has 0 saturated heterocycles. The highest BCUT2D eigenvalue weighted by Gasteiger charge is 2.11. The monoisotopic (exact) mass is 289 g/mol. The number of aliphatic hydroxyl groups is 1. The molecule has 1 heterocycles. The van der Waals surface area contributed by atoms with E-state index in [4.69, 9.17) is 9.84 Å². The lowest BCUT2D eigenvalue weighted by molar-refractivity contribution is 0.217. The number of rotatable bonds is 6. The van der Waals surface area contributed by atoms with Crippen LogP contribution in [0.25, 0.3) is 0 Å². The first-order valence-electron chi connectivity index (χ1n) is 5.21. The molecule has 0 bridgehead atoms. The molecule has 1 rings (SSSR count). The van der Waals surface area contributed by atoms with Crippen LogP contribution in [0.15, 0.2) is 11.4 Å². The molecule has 1 aromatic heterocycles. The van der Waals surface area contributed by atoms with Crippen molar-refractivity contribution in [1.82, 2.24) is 4.72 Å². The molecule has 0 aliphatic heterocycles. The smallest absolute Gasteiger partial charge is 0.214 e. The number of hydrogen-bond donors (Lipinski definition) is 2. The van der Waals surface area contributed by atoms with Crippen molar-refractivity contribution in [3.8, 4) is 11.8 Å². The van der Waals surface area contributed by atoms with Gasteiger partial charge in [-0.3, -0.25) is 0 Å². The summed E-state index contributed by atoms with van der Waals surface area (Å²) >= 11 is 1.42. The van der Waals surface area contributed by atoms with Gasteiger partial charge in [0.1, 0.15) is 6.61 Å². The second-order valence-electron chi connectivity index (χ2n) is 3.35. The van der Waals surface area contributed by atoms with Crippen LogP contribution in [-0.2, 0) is 21.3 Å². The molecule has 0 saturated carbocycles. The van der Waals surface area contributed by atoms with Gasteiger partial charge in [0.25, 0.3) is 0 Å². The van der Waals surface area contributed by atoms with E-state index in [9.17, 15) is 8.42 Å². The Labute approximate surface area is 111 Å². The molecule has 18 heavy (non-hydrogen) atoms. The summed E-state index contributed by atoms with van der Waals surface area (Å²) in [7, 11) is -1.87. The standard InChI is InChI=1S/C11H15NO4S2/c1-16-6-8-18(14,15)12-9-11-10(3-2-5-13)4-7-17-11/h4,7,12-13H,5-6,8-9H2,1H3. The maximum absolute atomic E-state index is 11.5. The average Bonchev–Trinajstić information content (AvgIpc) is 2.79. The Hall–Kier alpha value is -0.910. The maximum Gasteiger partial charge on any atom is 0.214 e. The minimum Gasteiger partial charge on any atom is -0.384 e. The molecule has 5 nitrogen and oxygen atoms in total. The topological polar surface area (TPSA) is 75.6 Å². The van der Waals surface area contributed by atoms with Crippen molar-refractivity contribution in [2.24, 2.45) is 0 Å². The van der Waals surface area contributed by atoms with E-state index in [0.29, 0.717) is 0 Å². The predicted octanol–water partition coefficient (Wildman–Crippen LogP) is 0.158. The maximum atomic E-state index is 11.5. The molecule has 0 radical (unpaired) electrons. The van der Waals surface area contributed by atoms with Crippen LogP contribution in [0.3, 0.4) is 0 Å². The van der Waals surface area contributed by atoms with E-state index in [0.717, 1.165) is 10.4 Å². The zero-order chi connectivity index (χ0) is 13.4. The van der Waals surface area contributed by atoms with Crippen molar-refractivity contribution in [1.29, 1.82) is 0 Å². The van der Waals surface area contributed by atoms with Gasteiger partial charge in [0, 0.05) is 24.1 Å². The van der Waals surface area contributed by atoms with Gasteiger partial charge >= 0.3 is 0 Å². The van der Waals surface area contributed by atoms with Crippen LogP contribution in [0.5, 0.6) is 0 Å². The van der Waals surface area contributed by atoms with Crippen LogP contribution in [-0.4, -0.2) is 39.6 Å². The van der Waals surface area contributed by atoms with E-state index < -0.39 is 10.0 Å². The van der Waals surface area contributed by atoms with E-state index in [-0.39, 0.29) is 25.5 Å². The molecule has 1 aromatic rings. The normalized spacial score (nSPS) is 11.0. The molecule has 100 valence electrons. The molecule has 0 spiro atoms. The van der Waals surface area contributed by atoms with Crippen molar-refractivity contribution < 1.29 is 18.3 Å². The summed E-state index contributed by atoms with van der Waals surface area (Å²) in [6.45, 7) is 0.158. The Morgan fingerprint density at radius 1 is 1.56 bits per heavy atom. The fraction of sp³-hybridized carbons (Fsp3) is 0.455. The van der Waals surface area contributed by atoms with Crippen molar-refractivity contribution in [2.45, 2.75) is 6.54 Å². The summed E-state index contributed by atoms with van der Waals surface area (Å²) in [5, 5.41) is 10.5. The Bertz CT molecular complexity index is 525. The molecule has 0 aliphatic rings. The Morgan fingerprint density at radius 2 is 2.33 bits per heavy atom. The fourth-order valence-corrected chi connectivity index (χ4v) is 2.92. The minimum absolute atomic E-state index is 0.0630. The summed E-state index contributed by atoms with van der Waals surface area (Å²) in [5.41, 5.74) is 0.739. The zero-order valence-corrected chi connectivity index (χ0v) is 11.6. The third-order valence-electron chi connectivity index (χ3n) is 2.06. The molecule has 0 aliphatic carbocycles. The van der Waals surface area contributed by atoms with Crippen LogP contribution in [0.4, 0.5) is 0 Å². The number of hydrogen-bond acceptors (Lipinski definition) is 5. The van der Waals surface area contributed by atoms with Crippen LogP contribution < -0.4 is 4.72 Å². The lowest BCUT2D eigenvalue weighted by atomic mass is 10.2. The number of nitrogens with one attached hydrogen (secondary N) is 1. The van der Waals surface area contributed by atoms with Crippen molar-refractivity contribution in [3.63, 3.8) is 0 Å². The minimum atomic E-state index is -3.32. The highest BCUT2D eigenvalue weighted by molar-refractivity contribution is 7.89. The van der Waals surface area contributed by atoms with Gasteiger partial charge in [0.05, 0.1) is 12.4 Å². The van der Waals surface area contributed by atoms with E-state index in [2.05, 4.69) is 16.6 Å². The fourth-order valence-electron chi connectivity index (χ4n) is 1.16. The zero-order valence-electron chi connectivity index (χ0n) is 9.97. The molecule has 0 fully saturated rings. The Kier molecular flexibility index (Phi) is 6.32. The SMILES string of the molecule is COCCS(=O)(=O)NCc1sccc1C#CCO. The molecule has 0 atom stereocenters. The van der Waals surface area contributed by atoms with Crippen LogP contribution in [0.2, 0.25) is 0 Å². The molecule has 2 N–H and O–H groups in total. The first-order chi connectivity index (χ1) is 8.59. The van der Waals surface area contributed by atoms with Crippen molar-refractivity contribution in [2.75, 3.05) is 26.1 Å². The Morgan fingerprint density at radius 3 is 3.00 bits per heavy atom. The highest BCUT2D eigenvalue weighted by Crippen LogP contribution is 2.15. The van der Waals surface area contributed by atoms with Gasteiger partial charge in [-0.15, -0.1) is 11.3 Å². The summed E-state index contributed by atoms with van der Waals surface area (Å²) in [6.07, 6.45) is 0. The van der Waals surface area contributed by atoms with Gasteiger partial charge < -0.3 is 9.84 Å². The largest absolute Gasteiger partial charge is 0.384 e. The van der Waals surface area contributed by atoms with Gasteiger partial charge in [-0.1, -0.05) is 11.8 Å². The van der Waals surface area contributed by atoms with Crippen LogP contribution in [0, 0.1) is 11.8 Å². The first kappa shape index (κ1) is 15.1. The summed E-state index contributed by atoms with van der Waals surface area (Å²) in [6, 6.07) is 1.80. The van der Waals surface area contributed by atoms with Gasteiger partial charge in [-0.25, -0.2) is 13.1 Å². The predicted molar refractivity (Wildman–Crippen MR) is 70.8 cm³/mol. The number of thiophene rings is 1. The number of ether oxygens (including phenoxy) is 1. The lowest BCUT2D eigenvalue weighted by Gasteiger charge is -2.05. The van der Waals surface area contributed by atoms with Gasteiger partial charge in [0.15, 0.2) is 0 Å². The second kappa shape index (κ2) is 7.51. The average molecular weight is 289 g/mol. The van der Waals surface area contributed by atoms with E-state index in [1.165, 1.54) is 18.4 Å². The number of sulfonamides is 1. The molecule has 0 amide bonds. The summed E-state index contributed by atoms with van der Waals surface area (Å²) in [4.78, 5) is 0.831. The second-order valence-corrected chi connectivity index (χ2v) is 6.28. The van der Waals surface area contributed by atoms with E-state index >= 15 is 0 Å². The first-order valence-corrected chi connectivity index (χ1v) is 7.74. The van der Waals surface area contributed by atoms with Gasteiger partial charge in [0.2, 0.25) is 10.0 Å². The highest BCUT2D eigenvalue weighted by atomic mass is 32.2. The third kappa shape index (κ3) is 5.16. The van der Waals surface area contributed by atoms with Crippen LogP contribution >= 0.6 is 11.3 Å². The Balaban J connectivity index is 2.61. The van der Waals surface area contributed by atoms with Crippen LogP contribution in [0.1, 0.15) is 10.4 Å². The molecular weight excluding hydrogens is 274 g/mol. The van der Waals surface area contributed by atoms with Gasteiger partial charge in [-0.2, -0.15) is 0 Å². The van der Waals surface area contributed by atoms with Crippen molar-refractivity contribution in [3.05, 3.63) is 21.9 Å². The molecular formula is C11H15NO4S2. The van der Waals surface area contributed by atoms with E-state index in [1.54, 1.807) is 6.07 Å². The number of aliphatic hydroxyl groups excluding tert-OH is 1. The lowest BCUT2D eigenvalue weighted by Crippen LogP contribution is -2.27. The van der Waals surface area contributed by atoms with E-state index in [1.807, 2.05) is 5.38 Å². The summed E-state index contributed by atoms with van der Waals surface area (Å²) in [5.74, 6) is 5.25. The van der Waals surface area contributed by atoms with Crippen molar-refractivity contribution >= 4 is 21.4 Å². The summed E-state index contributed by atoms with van der Waals surface area (Å²) < 4.78 is 30.3. The quantitative estimate of drug-likeness (QED) is 0.731. The van der Waals surface area contributed by atoms with Gasteiger partial charge in [-0.05, 0) is 11.4 Å². The number of methoxy groups -OCH3 is 1. The molecule has 0 aromatic carbocycles. The third-order valence-corrected chi connectivity index (χ3v) is 4.27.